The van der Waals surface area contributed by atoms with E-state index >= 15 is 0 Å². The molecule has 0 heterocycles. The molecule has 6 heteroatoms. The second-order valence-corrected chi connectivity index (χ2v) is 6.64. The average molecular weight is 367 g/mol. The Morgan fingerprint density at radius 2 is 1.44 bits per heavy atom. The number of benzene rings is 2. The van der Waals surface area contributed by atoms with Crippen LogP contribution in [0.2, 0.25) is 0 Å². The summed E-state index contributed by atoms with van der Waals surface area (Å²) in [6, 6.07) is 17.6. The summed E-state index contributed by atoms with van der Waals surface area (Å²) < 4.78 is 0. The van der Waals surface area contributed by atoms with E-state index in [4.69, 9.17) is 22.0 Å². The minimum atomic E-state index is -1.27. The van der Waals surface area contributed by atoms with E-state index in [9.17, 15) is 9.59 Å². The number of amides is 1. The standard InChI is InChI=1S/C13H12N2.C8H13NO3/c14-13(15)12-9-5-4-8-11(12)10-6-2-1-3-7-10;9-6(10)8(7(11)12)4-2-1-3-5-8/h1-9H,(H3,14,15);1-5H2,(H2,9,10)(H,11,12). The van der Waals surface area contributed by atoms with Gasteiger partial charge in [0.25, 0.3) is 0 Å². The van der Waals surface area contributed by atoms with E-state index in [0.29, 0.717) is 12.8 Å². The smallest absolute Gasteiger partial charge is 0.319 e. The van der Waals surface area contributed by atoms with Crippen LogP contribution < -0.4 is 11.5 Å². The summed E-state index contributed by atoms with van der Waals surface area (Å²) in [6.45, 7) is 0. The Bertz CT molecular complexity index is 796. The Morgan fingerprint density at radius 3 is 1.93 bits per heavy atom. The van der Waals surface area contributed by atoms with Crippen LogP contribution in [0.5, 0.6) is 0 Å². The molecule has 0 radical (unpaired) electrons. The van der Waals surface area contributed by atoms with Crippen molar-refractivity contribution < 1.29 is 14.7 Å². The van der Waals surface area contributed by atoms with Crippen molar-refractivity contribution in [2.24, 2.45) is 16.9 Å². The molecule has 0 bridgehead atoms. The Hall–Kier alpha value is -3.15. The quantitative estimate of drug-likeness (QED) is 0.375. The lowest BCUT2D eigenvalue weighted by Gasteiger charge is -2.29. The fourth-order valence-corrected chi connectivity index (χ4v) is 3.31. The molecule has 3 rings (SSSR count). The second kappa shape index (κ2) is 8.98. The number of nitrogen functional groups attached to an aromatic ring is 1. The summed E-state index contributed by atoms with van der Waals surface area (Å²) in [5.41, 5.74) is 12.2. The van der Waals surface area contributed by atoms with Gasteiger partial charge in [0.1, 0.15) is 11.3 Å². The number of carbonyl (C=O) groups excluding carboxylic acids is 1. The minimum absolute atomic E-state index is 0.106. The summed E-state index contributed by atoms with van der Waals surface area (Å²) in [5, 5.41) is 16.4. The second-order valence-electron chi connectivity index (χ2n) is 6.64. The van der Waals surface area contributed by atoms with Crippen LogP contribution in [0.4, 0.5) is 0 Å². The first-order valence-corrected chi connectivity index (χ1v) is 8.90. The maximum absolute atomic E-state index is 11.0. The summed E-state index contributed by atoms with van der Waals surface area (Å²) >= 11 is 0. The SMILES string of the molecule is N=C(N)c1ccccc1-c1ccccc1.NC(=O)C1(C(=O)O)CCCCC1. The van der Waals surface area contributed by atoms with Gasteiger partial charge >= 0.3 is 5.97 Å². The zero-order valence-corrected chi connectivity index (χ0v) is 15.2. The summed E-state index contributed by atoms with van der Waals surface area (Å²) in [5.74, 6) is -1.64. The molecule has 0 unspecified atom stereocenters. The zero-order valence-electron chi connectivity index (χ0n) is 15.2. The molecule has 1 fully saturated rings. The van der Waals surface area contributed by atoms with E-state index in [1.54, 1.807) is 0 Å². The van der Waals surface area contributed by atoms with Gasteiger partial charge in [-0.2, -0.15) is 0 Å². The summed E-state index contributed by atoms with van der Waals surface area (Å²) in [4.78, 5) is 21.8. The molecule has 142 valence electrons. The summed E-state index contributed by atoms with van der Waals surface area (Å²) in [6.07, 6.45) is 3.38. The molecular formula is C21H25N3O3. The van der Waals surface area contributed by atoms with Crippen LogP contribution in [0.3, 0.4) is 0 Å². The highest BCUT2D eigenvalue weighted by Gasteiger charge is 2.45. The fourth-order valence-electron chi connectivity index (χ4n) is 3.31. The predicted molar refractivity (Wildman–Crippen MR) is 105 cm³/mol. The summed E-state index contributed by atoms with van der Waals surface area (Å²) in [7, 11) is 0. The van der Waals surface area contributed by atoms with Crippen LogP contribution in [0, 0.1) is 10.8 Å². The molecule has 1 aliphatic rings. The first-order chi connectivity index (χ1) is 12.9. The van der Waals surface area contributed by atoms with Crippen molar-refractivity contribution in [3.05, 3.63) is 60.2 Å². The lowest BCUT2D eigenvalue weighted by Crippen LogP contribution is -2.45. The van der Waals surface area contributed by atoms with Gasteiger partial charge in [0.15, 0.2) is 0 Å². The number of rotatable bonds is 4. The van der Waals surface area contributed by atoms with E-state index in [0.717, 1.165) is 36.0 Å². The number of hydrogen-bond acceptors (Lipinski definition) is 3. The highest BCUT2D eigenvalue weighted by atomic mass is 16.4. The minimum Gasteiger partial charge on any atom is -0.480 e. The maximum atomic E-state index is 11.0. The number of nitrogens with one attached hydrogen (secondary N) is 1. The van der Waals surface area contributed by atoms with Crippen molar-refractivity contribution in [2.75, 3.05) is 0 Å². The number of carbonyl (C=O) groups is 2. The molecule has 6 N–H and O–H groups in total. The van der Waals surface area contributed by atoms with Crippen LogP contribution in [0.25, 0.3) is 11.1 Å². The molecular weight excluding hydrogens is 342 g/mol. The Morgan fingerprint density at radius 1 is 0.889 bits per heavy atom. The number of nitrogens with two attached hydrogens (primary N) is 2. The molecule has 0 spiro atoms. The van der Waals surface area contributed by atoms with Crippen molar-refractivity contribution in [1.29, 1.82) is 5.41 Å². The molecule has 0 saturated heterocycles. The van der Waals surface area contributed by atoms with Crippen LogP contribution in [-0.2, 0) is 9.59 Å². The van der Waals surface area contributed by atoms with E-state index in [2.05, 4.69) is 0 Å². The largest absolute Gasteiger partial charge is 0.480 e. The Labute approximate surface area is 158 Å². The van der Waals surface area contributed by atoms with Crippen molar-refractivity contribution >= 4 is 17.7 Å². The van der Waals surface area contributed by atoms with Crippen molar-refractivity contribution in [3.63, 3.8) is 0 Å². The van der Waals surface area contributed by atoms with Crippen LogP contribution in [-0.4, -0.2) is 22.8 Å². The fraction of sp³-hybridized carbons (Fsp3) is 0.286. The van der Waals surface area contributed by atoms with E-state index in [1.807, 2.05) is 54.6 Å². The van der Waals surface area contributed by atoms with Gasteiger partial charge in [-0.25, -0.2) is 0 Å². The Kier molecular flexibility index (Phi) is 6.71. The predicted octanol–water partition coefficient (Wildman–Crippen LogP) is 3.14. The molecule has 1 aliphatic carbocycles. The van der Waals surface area contributed by atoms with Gasteiger partial charge in [-0.1, -0.05) is 73.9 Å². The molecule has 2 aromatic rings. The number of primary amides is 1. The van der Waals surface area contributed by atoms with Crippen LogP contribution >= 0.6 is 0 Å². The Balaban J connectivity index is 0.000000199. The lowest BCUT2D eigenvalue weighted by molar-refractivity contribution is -0.157. The van der Waals surface area contributed by atoms with E-state index < -0.39 is 17.3 Å². The molecule has 27 heavy (non-hydrogen) atoms. The van der Waals surface area contributed by atoms with Gasteiger partial charge in [-0.15, -0.1) is 0 Å². The highest BCUT2D eigenvalue weighted by molar-refractivity contribution is 6.01. The van der Waals surface area contributed by atoms with E-state index in [1.165, 1.54) is 0 Å². The van der Waals surface area contributed by atoms with E-state index in [-0.39, 0.29) is 5.84 Å². The van der Waals surface area contributed by atoms with Gasteiger partial charge in [-0.3, -0.25) is 15.0 Å². The van der Waals surface area contributed by atoms with Gasteiger partial charge in [0, 0.05) is 5.56 Å². The van der Waals surface area contributed by atoms with Gasteiger partial charge in [0.2, 0.25) is 5.91 Å². The van der Waals surface area contributed by atoms with Gasteiger partial charge in [-0.05, 0) is 24.0 Å². The average Bonchev–Trinajstić information content (AvgIpc) is 2.69. The first-order valence-electron chi connectivity index (χ1n) is 8.90. The molecule has 0 aromatic heterocycles. The topological polar surface area (TPSA) is 130 Å². The number of hydrogen-bond donors (Lipinski definition) is 4. The highest BCUT2D eigenvalue weighted by Crippen LogP contribution is 2.36. The van der Waals surface area contributed by atoms with Crippen molar-refractivity contribution in [3.8, 4) is 11.1 Å². The monoisotopic (exact) mass is 367 g/mol. The number of amidine groups is 1. The number of carboxylic acids is 1. The normalized spacial score (nSPS) is 15.1. The third-order valence-corrected chi connectivity index (χ3v) is 4.89. The molecule has 6 nitrogen and oxygen atoms in total. The maximum Gasteiger partial charge on any atom is 0.319 e. The van der Waals surface area contributed by atoms with Crippen molar-refractivity contribution in [1.82, 2.24) is 0 Å². The first kappa shape index (κ1) is 20.2. The lowest BCUT2D eigenvalue weighted by atomic mass is 9.73. The molecule has 2 aromatic carbocycles. The van der Waals surface area contributed by atoms with Gasteiger partial charge < -0.3 is 16.6 Å². The molecule has 1 saturated carbocycles. The van der Waals surface area contributed by atoms with Crippen LogP contribution in [0.1, 0.15) is 37.7 Å². The number of aliphatic carboxylic acids is 1. The third kappa shape index (κ3) is 4.73. The molecule has 0 aliphatic heterocycles. The van der Waals surface area contributed by atoms with Crippen molar-refractivity contribution in [2.45, 2.75) is 32.1 Å². The number of carboxylic acid groups (broad SMARTS) is 1. The third-order valence-electron chi connectivity index (χ3n) is 4.89. The molecule has 0 atom stereocenters. The zero-order chi connectivity index (χ0) is 19.9. The van der Waals surface area contributed by atoms with Gasteiger partial charge in [0.05, 0.1) is 0 Å². The molecule has 1 amide bonds. The van der Waals surface area contributed by atoms with Crippen LogP contribution in [0.15, 0.2) is 54.6 Å².